The molecule has 1 aromatic carbocycles. The Hall–Kier alpha value is -2.54. The topological polar surface area (TPSA) is 81.6 Å². The molecule has 0 radical (unpaired) electrons. The highest BCUT2D eigenvalue weighted by Crippen LogP contribution is 2.35. The number of nitrogens with two attached hydrogens (primary N) is 1. The minimum atomic E-state index is -0.145. The number of amides is 1. The van der Waals surface area contributed by atoms with Crippen LogP contribution >= 0.6 is 11.3 Å². The predicted molar refractivity (Wildman–Crippen MR) is 81.8 cm³/mol. The van der Waals surface area contributed by atoms with Crippen molar-refractivity contribution in [3.05, 3.63) is 29.3 Å². The van der Waals surface area contributed by atoms with Crippen molar-refractivity contribution in [2.24, 2.45) is 0 Å². The molecule has 0 saturated heterocycles. The first-order chi connectivity index (χ1) is 10.1. The van der Waals surface area contributed by atoms with Crippen LogP contribution in [-0.2, 0) is 4.79 Å². The first-order valence-corrected chi connectivity index (χ1v) is 7.30. The summed E-state index contributed by atoms with van der Waals surface area (Å²) in [5, 5.41) is 4.82. The Morgan fingerprint density at radius 2 is 2.33 bits per heavy atom. The normalized spacial score (nSPS) is 13.9. The van der Waals surface area contributed by atoms with E-state index in [2.05, 4.69) is 10.3 Å². The number of carbonyl (C=O) groups is 1. The van der Waals surface area contributed by atoms with E-state index >= 15 is 0 Å². The monoisotopic (exact) mass is 300 g/mol. The molecule has 3 heterocycles. The SMILES string of the molecule is Cc1nc2scc(-c3ccc4c(c3)NC(=O)CO4)n2c1N. The van der Waals surface area contributed by atoms with E-state index in [1.807, 2.05) is 34.9 Å². The molecule has 0 fully saturated rings. The molecule has 0 unspecified atom stereocenters. The summed E-state index contributed by atoms with van der Waals surface area (Å²) in [6.07, 6.45) is 0. The summed E-state index contributed by atoms with van der Waals surface area (Å²) in [4.78, 5) is 16.7. The van der Waals surface area contributed by atoms with Gasteiger partial charge in [-0.1, -0.05) is 0 Å². The van der Waals surface area contributed by atoms with Gasteiger partial charge in [-0.05, 0) is 25.1 Å². The number of aromatic nitrogens is 2. The van der Waals surface area contributed by atoms with E-state index in [9.17, 15) is 4.79 Å². The second kappa shape index (κ2) is 4.23. The quantitative estimate of drug-likeness (QED) is 0.722. The maximum atomic E-state index is 11.4. The van der Waals surface area contributed by atoms with Gasteiger partial charge in [0.15, 0.2) is 11.6 Å². The number of anilines is 2. The molecular weight excluding hydrogens is 288 g/mol. The summed E-state index contributed by atoms with van der Waals surface area (Å²) >= 11 is 1.53. The van der Waals surface area contributed by atoms with Crippen molar-refractivity contribution < 1.29 is 9.53 Å². The van der Waals surface area contributed by atoms with Crippen LogP contribution in [0.25, 0.3) is 16.2 Å². The lowest BCUT2D eigenvalue weighted by Gasteiger charge is -2.18. The average Bonchev–Trinajstić information content (AvgIpc) is 2.99. The fourth-order valence-electron chi connectivity index (χ4n) is 2.43. The number of rotatable bonds is 1. The molecule has 0 aliphatic carbocycles. The number of aryl methyl sites for hydroxylation is 1. The van der Waals surface area contributed by atoms with Crippen molar-refractivity contribution in [2.45, 2.75) is 6.92 Å². The minimum Gasteiger partial charge on any atom is -0.482 e. The van der Waals surface area contributed by atoms with Crippen LogP contribution in [0, 0.1) is 6.92 Å². The third-order valence-corrected chi connectivity index (χ3v) is 4.32. The van der Waals surface area contributed by atoms with E-state index in [1.165, 1.54) is 11.3 Å². The van der Waals surface area contributed by atoms with E-state index in [1.54, 1.807) is 0 Å². The van der Waals surface area contributed by atoms with E-state index in [4.69, 9.17) is 10.5 Å². The molecule has 1 amide bonds. The zero-order valence-corrected chi connectivity index (χ0v) is 12.0. The maximum Gasteiger partial charge on any atom is 0.262 e. The van der Waals surface area contributed by atoms with Crippen LogP contribution in [0.1, 0.15) is 5.69 Å². The van der Waals surface area contributed by atoms with Crippen LogP contribution in [0.4, 0.5) is 11.5 Å². The number of benzene rings is 1. The van der Waals surface area contributed by atoms with Crippen molar-refractivity contribution in [3.8, 4) is 17.0 Å². The van der Waals surface area contributed by atoms with E-state index in [0.29, 0.717) is 17.3 Å². The fourth-order valence-corrected chi connectivity index (χ4v) is 3.38. The van der Waals surface area contributed by atoms with Crippen LogP contribution in [0.3, 0.4) is 0 Å². The zero-order chi connectivity index (χ0) is 14.6. The predicted octanol–water partition coefficient (Wildman–Crippen LogP) is 2.28. The summed E-state index contributed by atoms with van der Waals surface area (Å²) in [6, 6.07) is 5.70. The van der Waals surface area contributed by atoms with Gasteiger partial charge in [0.25, 0.3) is 5.91 Å². The number of nitrogens with one attached hydrogen (secondary N) is 1. The average molecular weight is 300 g/mol. The number of ether oxygens (including phenoxy) is 1. The highest BCUT2D eigenvalue weighted by Gasteiger charge is 2.18. The molecule has 1 aliphatic rings. The first kappa shape index (κ1) is 12.2. The molecule has 21 heavy (non-hydrogen) atoms. The number of hydrogen-bond acceptors (Lipinski definition) is 5. The fraction of sp³-hybridized carbons (Fsp3) is 0.143. The van der Waals surface area contributed by atoms with Gasteiger partial charge in [-0.2, -0.15) is 0 Å². The molecular formula is C14H12N4O2S. The number of thiazole rings is 1. The highest BCUT2D eigenvalue weighted by atomic mass is 32.1. The lowest BCUT2D eigenvalue weighted by atomic mass is 10.1. The Morgan fingerprint density at radius 1 is 1.48 bits per heavy atom. The molecule has 6 nitrogen and oxygen atoms in total. The number of fused-ring (bicyclic) bond motifs is 2. The van der Waals surface area contributed by atoms with Crippen molar-refractivity contribution in [1.29, 1.82) is 0 Å². The van der Waals surface area contributed by atoms with Gasteiger partial charge in [0.1, 0.15) is 11.6 Å². The summed E-state index contributed by atoms with van der Waals surface area (Å²) in [7, 11) is 0. The number of nitrogen functional groups attached to an aromatic ring is 1. The Labute approximate surface area is 124 Å². The minimum absolute atomic E-state index is 0.0582. The Balaban J connectivity index is 1.89. The third kappa shape index (κ3) is 1.78. The highest BCUT2D eigenvalue weighted by molar-refractivity contribution is 7.15. The Morgan fingerprint density at radius 3 is 3.19 bits per heavy atom. The first-order valence-electron chi connectivity index (χ1n) is 6.42. The van der Waals surface area contributed by atoms with Gasteiger partial charge in [-0.15, -0.1) is 11.3 Å². The summed E-state index contributed by atoms with van der Waals surface area (Å²) in [6.45, 7) is 1.95. The molecule has 0 saturated carbocycles. The summed E-state index contributed by atoms with van der Waals surface area (Å²) in [5.41, 5.74) is 9.50. The second-order valence-electron chi connectivity index (χ2n) is 4.87. The van der Waals surface area contributed by atoms with Gasteiger partial charge in [-0.25, -0.2) is 4.98 Å². The van der Waals surface area contributed by atoms with Crippen LogP contribution in [0.2, 0.25) is 0 Å². The summed E-state index contributed by atoms with van der Waals surface area (Å²) in [5.74, 6) is 1.17. The van der Waals surface area contributed by atoms with Crippen molar-refractivity contribution in [3.63, 3.8) is 0 Å². The zero-order valence-electron chi connectivity index (χ0n) is 11.2. The van der Waals surface area contributed by atoms with E-state index < -0.39 is 0 Å². The smallest absolute Gasteiger partial charge is 0.262 e. The molecule has 106 valence electrons. The molecule has 0 bridgehead atoms. The molecule has 7 heteroatoms. The number of nitrogens with zero attached hydrogens (tertiary/aromatic N) is 2. The van der Waals surface area contributed by atoms with Crippen LogP contribution in [-0.4, -0.2) is 21.9 Å². The lowest BCUT2D eigenvalue weighted by molar-refractivity contribution is -0.118. The van der Waals surface area contributed by atoms with Gasteiger partial charge in [0.05, 0.1) is 17.1 Å². The largest absolute Gasteiger partial charge is 0.482 e. The second-order valence-corrected chi connectivity index (χ2v) is 5.71. The number of carbonyl (C=O) groups excluding carboxylic acids is 1. The Bertz CT molecular complexity index is 881. The van der Waals surface area contributed by atoms with Crippen LogP contribution < -0.4 is 15.8 Å². The van der Waals surface area contributed by atoms with E-state index in [0.717, 1.165) is 21.9 Å². The number of imidazole rings is 1. The maximum absolute atomic E-state index is 11.4. The molecule has 0 spiro atoms. The van der Waals surface area contributed by atoms with Crippen molar-refractivity contribution in [1.82, 2.24) is 9.38 Å². The molecule has 3 N–H and O–H groups in total. The van der Waals surface area contributed by atoms with Gasteiger partial charge in [-0.3, -0.25) is 9.20 Å². The van der Waals surface area contributed by atoms with Crippen molar-refractivity contribution >= 4 is 33.7 Å². The van der Waals surface area contributed by atoms with E-state index in [-0.39, 0.29) is 12.5 Å². The van der Waals surface area contributed by atoms with Gasteiger partial charge in [0.2, 0.25) is 0 Å². The van der Waals surface area contributed by atoms with Gasteiger partial charge < -0.3 is 15.8 Å². The van der Waals surface area contributed by atoms with Crippen LogP contribution in [0.5, 0.6) is 5.75 Å². The molecule has 3 aromatic rings. The Kier molecular flexibility index (Phi) is 2.46. The molecule has 0 atom stereocenters. The van der Waals surface area contributed by atoms with Gasteiger partial charge >= 0.3 is 0 Å². The molecule has 2 aromatic heterocycles. The summed E-state index contributed by atoms with van der Waals surface area (Å²) < 4.78 is 7.29. The lowest BCUT2D eigenvalue weighted by Crippen LogP contribution is -2.25. The molecule has 1 aliphatic heterocycles. The van der Waals surface area contributed by atoms with Crippen molar-refractivity contribution in [2.75, 3.05) is 17.7 Å². The third-order valence-electron chi connectivity index (χ3n) is 3.49. The standard InChI is InChI=1S/C14H12N4O2S/c1-7-13(15)18-10(6-21-14(18)16-7)8-2-3-11-9(4-8)17-12(19)5-20-11/h2-4,6H,5,15H2,1H3,(H,17,19). The van der Waals surface area contributed by atoms with Gasteiger partial charge in [0, 0.05) is 10.9 Å². The number of hydrogen-bond donors (Lipinski definition) is 2. The van der Waals surface area contributed by atoms with Crippen LogP contribution in [0.15, 0.2) is 23.6 Å². The molecule has 4 rings (SSSR count).